The van der Waals surface area contributed by atoms with Gasteiger partial charge in [-0.3, -0.25) is 9.98 Å². The summed E-state index contributed by atoms with van der Waals surface area (Å²) in [5, 5.41) is 0. The molecule has 0 fully saturated rings. The fraction of sp³-hybridized carbons (Fsp3) is 0.357. The van der Waals surface area contributed by atoms with Crippen LogP contribution in [0.3, 0.4) is 0 Å². The van der Waals surface area contributed by atoms with Crippen LogP contribution in [0.25, 0.3) is 0 Å². The molecule has 0 unspecified atom stereocenters. The zero-order valence-corrected chi connectivity index (χ0v) is 22.1. The molecule has 1 aromatic heterocycles. The highest BCUT2D eigenvalue weighted by Crippen LogP contribution is 2.47. The maximum Gasteiger partial charge on any atom is 0.240 e. The Bertz CT molecular complexity index is 1440. The minimum atomic E-state index is -3.67. The molecule has 0 saturated heterocycles. The molecule has 7 nitrogen and oxygen atoms in total. The van der Waals surface area contributed by atoms with Gasteiger partial charge < -0.3 is 9.47 Å². The number of sulfonamides is 1. The number of hydrogen-bond acceptors (Lipinski definition) is 6. The molecular formula is C28H31N3O4S. The highest BCUT2D eigenvalue weighted by molar-refractivity contribution is 7.89. The molecule has 8 heteroatoms. The number of ether oxygens (including phenoxy) is 2. The van der Waals surface area contributed by atoms with Crippen molar-refractivity contribution in [3.63, 3.8) is 0 Å². The van der Waals surface area contributed by atoms with E-state index in [1.54, 1.807) is 43.8 Å². The standard InChI is InChI=1S/C28H31N3O4S/c1-27(2)15-20-14-23(34-5)26-22(16-28(3,4)35-26)24(20)25(31-27)19-6-8-21(9-7-19)36(32,33)30-17-18-10-12-29-13-11-18/h6-14,30H,15-17H2,1-5H3. The molecule has 2 aliphatic rings. The van der Waals surface area contributed by atoms with Crippen LogP contribution in [0.2, 0.25) is 0 Å². The van der Waals surface area contributed by atoms with Crippen LogP contribution >= 0.6 is 0 Å². The summed E-state index contributed by atoms with van der Waals surface area (Å²) in [6, 6.07) is 12.6. The van der Waals surface area contributed by atoms with Gasteiger partial charge in [0.2, 0.25) is 10.0 Å². The van der Waals surface area contributed by atoms with Gasteiger partial charge in [0.1, 0.15) is 5.60 Å². The Morgan fingerprint density at radius 3 is 2.39 bits per heavy atom. The summed E-state index contributed by atoms with van der Waals surface area (Å²) in [5.74, 6) is 1.52. The zero-order valence-electron chi connectivity index (χ0n) is 21.3. The highest BCUT2D eigenvalue weighted by Gasteiger charge is 2.39. The van der Waals surface area contributed by atoms with E-state index >= 15 is 0 Å². The number of aliphatic imine (C=N–C) groups is 1. The van der Waals surface area contributed by atoms with Crippen molar-refractivity contribution in [3.05, 3.63) is 82.7 Å². The normalized spacial score (nSPS) is 17.5. The van der Waals surface area contributed by atoms with Crippen molar-refractivity contribution in [2.45, 2.75) is 63.1 Å². The monoisotopic (exact) mass is 505 g/mol. The molecule has 188 valence electrons. The Balaban J connectivity index is 1.51. The van der Waals surface area contributed by atoms with E-state index in [0.29, 0.717) is 0 Å². The first-order valence-corrected chi connectivity index (χ1v) is 13.5. The van der Waals surface area contributed by atoms with Crippen molar-refractivity contribution in [2.75, 3.05) is 7.11 Å². The summed E-state index contributed by atoms with van der Waals surface area (Å²) in [6.07, 6.45) is 4.80. The number of pyridine rings is 1. The molecule has 2 aliphatic heterocycles. The quantitative estimate of drug-likeness (QED) is 0.535. The zero-order chi connectivity index (χ0) is 25.7. The van der Waals surface area contributed by atoms with E-state index in [1.807, 2.05) is 12.1 Å². The van der Waals surface area contributed by atoms with Crippen molar-refractivity contribution < 1.29 is 17.9 Å². The third-order valence-electron chi connectivity index (χ3n) is 6.55. The summed E-state index contributed by atoms with van der Waals surface area (Å²) in [6.45, 7) is 8.56. The van der Waals surface area contributed by atoms with Crippen LogP contribution in [0.5, 0.6) is 11.5 Å². The fourth-order valence-corrected chi connectivity index (χ4v) is 6.00. The maximum absolute atomic E-state index is 12.9. The number of fused-ring (bicyclic) bond motifs is 3. The topological polar surface area (TPSA) is 89.9 Å². The van der Waals surface area contributed by atoms with Gasteiger partial charge in [-0.05, 0) is 75.6 Å². The summed E-state index contributed by atoms with van der Waals surface area (Å²) in [7, 11) is -2.00. The van der Waals surface area contributed by atoms with Crippen LogP contribution in [-0.4, -0.2) is 37.4 Å². The maximum atomic E-state index is 12.9. The Labute approximate surface area is 212 Å². The van der Waals surface area contributed by atoms with Crippen molar-refractivity contribution in [1.29, 1.82) is 0 Å². The fourth-order valence-electron chi connectivity index (χ4n) is 4.98. The molecule has 36 heavy (non-hydrogen) atoms. The molecular weight excluding hydrogens is 474 g/mol. The smallest absolute Gasteiger partial charge is 0.240 e. The number of benzene rings is 2. The molecule has 3 heterocycles. The molecule has 0 atom stereocenters. The van der Waals surface area contributed by atoms with Crippen LogP contribution < -0.4 is 14.2 Å². The van der Waals surface area contributed by atoms with Crippen LogP contribution in [0.15, 0.2) is 64.7 Å². The Morgan fingerprint density at radius 1 is 1.03 bits per heavy atom. The predicted octanol–water partition coefficient (Wildman–Crippen LogP) is 4.45. The number of rotatable bonds is 6. The van der Waals surface area contributed by atoms with Gasteiger partial charge in [-0.25, -0.2) is 13.1 Å². The van der Waals surface area contributed by atoms with E-state index in [2.05, 4.69) is 43.5 Å². The van der Waals surface area contributed by atoms with Gasteiger partial charge in [0.25, 0.3) is 0 Å². The molecule has 1 N–H and O–H groups in total. The first-order chi connectivity index (χ1) is 17.0. The number of methoxy groups -OCH3 is 1. The van der Waals surface area contributed by atoms with Gasteiger partial charge in [0.15, 0.2) is 11.5 Å². The van der Waals surface area contributed by atoms with Crippen molar-refractivity contribution in [3.8, 4) is 11.5 Å². The third kappa shape index (κ3) is 4.63. The van der Waals surface area contributed by atoms with Crippen LogP contribution in [0.1, 0.15) is 55.5 Å². The van der Waals surface area contributed by atoms with Crippen LogP contribution in [0.4, 0.5) is 0 Å². The van der Waals surface area contributed by atoms with Gasteiger partial charge in [-0.15, -0.1) is 0 Å². The van der Waals surface area contributed by atoms with Crippen molar-refractivity contribution in [1.82, 2.24) is 9.71 Å². The van der Waals surface area contributed by atoms with E-state index in [1.165, 1.54) is 0 Å². The SMILES string of the molecule is COc1cc2c(c3c1OC(C)(C)C3)C(c1ccc(S(=O)(=O)NCc3ccncc3)cc1)=NC(C)(C)C2. The van der Waals surface area contributed by atoms with Crippen molar-refractivity contribution >= 4 is 15.7 Å². The van der Waals surface area contributed by atoms with Crippen LogP contribution in [0, 0.1) is 0 Å². The lowest BCUT2D eigenvalue weighted by Gasteiger charge is -2.31. The molecule has 0 saturated carbocycles. The molecule has 0 amide bonds. The summed E-state index contributed by atoms with van der Waals surface area (Å²) < 4.78 is 40.4. The summed E-state index contributed by atoms with van der Waals surface area (Å²) in [5.41, 5.74) is 5.24. The number of aromatic nitrogens is 1. The highest BCUT2D eigenvalue weighted by atomic mass is 32.2. The average Bonchev–Trinajstić information content (AvgIpc) is 3.16. The predicted molar refractivity (Wildman–Crippen MR) is 140 cm³/mol. The molecule has 0 aliphatic carbocycles. The largest absolute Gasteiger partial charge is 0.493 e. The molecule has 0 bridgehead atoms. The second-order valence-corrected chi connectivity index (χ2v) is 12.4. The average molecular weight is 506 g/mol. The Kier molecular flexibility index (Phi) is 5.92. The Hall–Kier alpha value is -3.23. The second kappa shape index (κ2) is 8.71. The Morgan fingerprint density at radius 2 is 1.72 bits per heavy atom. The first kappa shape index (κ1) is 24.5. The molecule has 5 rings (SSSR count). The van der Waals surface area contributed by atoms with E-state index in [4.69, 9.17) is 14.5 Å². The number of nitrogens with one attached hydrogen (secondary N) is 1. The molecule has 3 aromatic rings. The van der Waals surface area contributed by atoms with E-state index in [-0.39, 0.29) is 22.6 Å². The molecule has 2 aromatic carbocycles. The number of nitrogens with zero attached hydrogens (tertiary/aromatic N) is 2. The number of hydrogen-bond donors (Lipinski definition) is 1. The second-order valence-electron chi connectivity index (χ2n) is 10.6. The van der Waals surface area contributed by atoms with E-state index < -0.39 is 10.0 Å². The van der Waals surface area contributed by atoms with Gasteiger partial charge in [0.05, 0.1) is 23.3 Å². The summed E-state index contributed by atoms with van der Waals surface area (Å²) in [4.78, 5) is 9.30. The van der Waals surface area contributed by atoms with E-state index in [9.17, 15) is 8.42 Å². The van der Waals surface area contributed by atoms with Crippen LogP contribution in [-0.2, 0) is 29.4 Å². The van der Waals surface area contributed by atoms with Gasteiger partial charge >= 0.3 is 0 Å². The lowest BCUT2D eigenvalue weighted by molar-refractivity contribution is 0.134. The molecule has 0 radical (unpaired) electrons. The third-order valence-corrected chi connectivity index (χ3v) is 7.97. The van der Waals surface area contributed by atoms with Crippen molar-refractivity contribution in [2.24, 2.45) is 4.99 Å². The van der Waals surface area contributed by atoms with E-state index in [0.717, 1.165) is 57.9 Å². The lowest BCUT2D eigenvalue weighted by atomic mass is 9.81. The minimum absolute atomic E-state index is 0.199. The van der Waals surface area contributed by atoms with Gasteiger partial charge in [-0.1, -0.05) is 12.1 Å². The van der Waals surface area contributed by atoms with Gasteiger partial charge in [0, 0.05) is 42.0 Å². The lowest BCUT2D eigenvalue weighted by Crippen LogP contribution is -2.30. The summed E-state index contributed by atoms with van der Waals surface area (Å²) >= 11 is 0. The minimum Gasteiger partial charge on any atom is -0.493 e. The first-order valence-electron chi connectivity index (χ1n) is 12.0. The molecule has 0 spiro atoms. The van der Waals surface area contributed by atoms with Gasteiger partial charge in [-0.2, -0.15) is 0 Å².